The number of hydrogen-bond donors (Lipinski definition) is 2. The zero-order valence-corrected chi connectivity index (χ0v) is 14.0. The molecule has 2 aromatic rings. The number of anilines is 1. The van der Waals surface area contributed by atoms with Gasteiger partial charge in [0.2, 0.25) is 0 Å². The summed E-state index contributed by atoms with van der Waals surface area (Å²) in [5, 5.41) is 12.9. The topological polar surface area (TPSA) is 32.3 Å². The Labute approximate surface area is 130 Å². The fourth-order valence-electron chi connectivity index (χ4n) is 2.04. The largest absolute Gasteiger partial charge is 0.507 e. The smallest absolute Gasteiger partial charge is 0.129 e. The molecule has 0 aliphatic carbocycles. The SMILES string of the molecule is Cc1cc(Br)cc(C)c1NCc1ccc(O)c(Br)c1. The average Bonchev–Trinajstić information content (AvgIpc) is 2.32. The van der Waals surface area contributed by atoms with Crippen molar-refractivity contribution in [3.05, 3.63) is 56.0 Å². The zero-order chi connectivity index (χ0) is 14.0. The molecule has 100 valence electrons. The Morgan fingerprint density at radius 2 is 1.68 bits per heavy atom. The minimum Gasteiger partial charge on any atom is -0.507 e. The number of nitrogens with one attached hydrogen (secondary N) is 1. The molecule has 0 saturated heterocycles. The van der Waals surface area contributed by atoms with Crippen molar-refractivity contribution in [2.24, 2.45) is 0 Å². The standard InChI is InChI=1S/C15H15Br2NO/c1-9-5-12(16)6-10(2)15(9)18-8-11-3-4-14(19)13(17)7-11/h3-7,18-19H,8H2,1-2H3. The van der Waals surface area contributed by atoms with E-state index in [4.69, 9.17) is 0 Å². The van der Waals surface area contributed by atoms with Crippen LogP contribution in [0.4, 0.5) is 5.69 Å². The van der Waals surface area contributed by atoms with E-state index in [1.54, 1.807) is 6.07 Å². The molecule has 19 heavy (non-hydrogen) atoms. The minimum atomic E-state index is 0.264. The van der Waals surface area contributed by atoms with Gasteiger partial charge in [0.05, 0.1) is 4.47 Å². The zero-order valence-electron chi connectivity index (χ0n) is 10.8. The van der Waals surface area contributed by atoms with Gasteiger partial charge in [-0.1, -0.05) is 22.0 Å². The number of hydrogen-bond acceptors (Lipinski definition) is 2. The van der Waals surface area contributed by atoms with Crippen LogP contribution in [0.15, 0.2) is 39.3 Å². The van der Waals surface area contributed by atoms with Crippen LogP contribution in [0, 0.1) is 13.8 Å². The quantitative estimate of drug-likeness (QED) is 0.767. The first-order valence-corrected chi connectivity index (χ1v) is 7.54. The van der Waals surface area contributed by atoms with E-state index in [1.165, 1.54) is 11.1 Å². The molecule has 0 amide bonds. The van der Waals surface area contributed by atoms with Crippen LogP contribution in [0.3, 0.4) is 0 Å². The Morgan fingerprint density at radius 3 is 2.26 bits per heavy atom. The van der Waals surface area contributed by atoms with E-state index >= 15 is 0 Å². The number of halogens is 2. The second kappa shape index (κ2) is 5.97. The molecule has 0 atom stereocenters. The Bertz CT molecular complexity index is 588. The summed E-state index contributed by atoms with van der Waals surface area (Å²) in [6.45, 7) is 4.90. The van der Waals surface area contributed by atoms with Gasteiger partial charge in [-0.05, 0) is 70.7 Å². The van der Waals surface area contributed by atoms with Crippen molar-refractivity contribution in [1.82, 2.24) is 0 Å². The van der Waals surface area contributed by atoms with E-state index in [9.17, 15) is 5.11 Å². The molecule has 2 N–H and O–H groups in total. The molecule has 0 spiro atoms. The van der Waals surface area contributed by atoms with Gasteiger partial charge in [0, 0.05) is 16.7 Å². The molecule has 0 heterocycles. The van der Waals surface area contributed by atoms with Crippen molar-refractivity contribution in [3.8, 4) is 5.75 Å². The first-order chi connectivity index (χ1) is 8.97. The average molecular weight is 385 g/mol. The molecule has 0 aromatic heterocycles. The van der Waals surface area contributed by atoms with E-state index < -0.39 is 0 Å². The molecule has 4 heteroatoms. The first kappa shape index (κ1) is 14.4. The molecule has 0 aliphatic rings. The van der Waals surface area contributed by atoms with Crippen molar-refractivity contribution in [2.75, 3.05) is 5.32 Å². The third-order valence-electron chi connectivity index (χ3n) is 2.98. The Kier molecular flexibility index (Phi) is 4.53. The predicted octanol–water partition coefficient (Wildman–Crippen LogP) is 5.15. The summed E-state index contributed by atoms with van der Waals surface area (Å²) in [5.74, 6) is 0.264. The Hall–Kier alpha value is -1.00. The van der Waals surface area contributed by atoms with Crippen LogP contribution < -0.4 is 5.32 Å². The number of phenolic OH excluding ortho intramolecular Hbond substituents is 1. The summed E-state index contributed by atoms with van der Waals surface area (Å²) in [6.07, 6.45) is 0. The van der Waals surface area contributed by atoms with Gasteiger partial charge in [0.25, 0.3) is 0 Å². The highest BCUT2D eigenvalue weighted by Gasteiger charge is 2.05. The van der Waals surface area contributed by atoms with Gasteiger partial charge in [-0.2, -0.15) is 0 Å². The van der Waals surface area contributed by atoms with Crippen LogP contribution in [0.1, 0.15) is 16.7 Å². The van der Waals surface area contributed by atoms with E-state index in [1.807, 2.05) is 12.1 Å². The van der Waals surface area contributed by atoms with Crippen molar-refractivity contribution in [2.45, 2.75) is 20.4 Å². The van der Waals surface area contributed by atoms with E-state index in [0.29, 0.717) is 0 Å². The highest BCUT2D eigenvalue weighted by Crippen LogP contribution is 2.27. The van der Waals surface area contributed by atoms with Gasteiger partial charge in [0.1, 0.15) is 5.75 Å². The lowest BCUT2D eigenvalue weighted by Gasteiger charge is -2.14. The normalized spacial score (nSPS) is 10.5. The van der Waals surface area contributed by atoms with Gasteiger partial charge in [0.15, 0.2) is 0 Å². The molecule has 2 aromatic carbocycles. The fraction of sp³-hybridized carbons (Fsp3) is 0.200. The molecule has 2 nitrogen and oxygen atoms in total. The van der Waals surface area contributed by atoms with Crippen LogP contribution in [-0.4, -0.2) is 5.11 Å². The summed E-state index contributed by atoms with van der Waals surface area (Å²) in [6, 6.07) is 9.73. The molecule has 0 unspecified atom stereocenters. The maximum Gasteiger partial charge on any atom is 0.129 e. The van der Waals surface area contributed by atoms with Gasteiger partial charge in [-0.15, -0.1) is 0 Å². The van der Waals surface area contributed by atoms with Crippen molar-refractivity contribution < 1.29 is 5.11 Å². The highest BCUT2D eigenvalue weighted by molar-refractivity contribution is 9.10. The molecular weight excluding hydrogens is 370 g/mol. The van der Waals surface area contributed by atoms with Crippen LogP contribution in [0.2, 0.25) is 0 Å². The molecule has 0 aliphatic heterocycles. The van der Waals surface area contributed by atoms with Gasteiger partial charge in [-0.3, -0.25) is 0 Å². The summed E-state index contributed by atoms with van der Waals surface area (Å²) in [4.78, 5) is 0. The van der Waals surface area contributed by atoms with Gasteiger partial charge >= 0.3 is 0 Å². The molecule has 0 saturated carbocycles. The van der Waals surface area contributed by atoms with E-state index in [-0.39, 0.29) is 5.75 Å². The lowest BCUT2D eigenvalue weighted by Crippen LogP contribution is -2.03. The van der Waals surface area contributed by atoms with Crippen molar-refractivity contribution in [3.63, 3.8) is 0 Å². The first-order valence-electron chi connectivity index (χ1n) is 5.95. The van der Waals surface area contributed by atoms with Crippen molar-refractivity contribution in [1.29, 1.82) is 0 Å². The second-order valence-electron chi connectivity index (χ2n) is 4.55. The van der Waals surface area contributed by atoms with Crippen molar-refractivity contribution >= 4 is 37.5 Å². The third-order valence-corrected chi connectivity index (χ3v) is 4.07. The second-order valence-corrected chi connectivity index (χ2v) is 6.32. The molecule has 0 bridgehead atoms. The molecule has 2 rings (SSSR count). The summed E-state index contributed by atoms with van der Waals surface area (Å²) in [5.41, 5.74) is 4.70. The van der Waals surface area contributed by atoms with Crippen LogP contribution in [0.25, 0.3) is 0 Å². The predicted molar refractivity (Wildman–Crippen MR) is 86.7 cm³/mol. The number of aromatic hydroxyl groups is 1. The minimum absolute atomic E-state index is 0.264. The number of rotatable bonds is 3. The lowest BCUT2D eigenvalue weighted by molar-refractivity contribution is 0.471. The van der Waals surface area contributed by atoms with E-state index in [2.05, 4.69) is 63.2 Å². The maximum atomic E-state index is 9.48. The van der Waals surface area contributed by atoms with Crippen LogP contribution in [0.5, 0.6) is 5.75 Å². The summed E-state index contributed by atoms with van der Waals surface area (Å²) in [7, 11) is 0. The van der Waals surface area contributed by atoms with E-state index in [0.717, 1.165) is 26.7 Å². The third kappa shape index (κ3) is 3.51. The highest BCUT2D eigenvalue weighted by atomic mass is 79.9. The molecule has 0 radical (unpaired) electrons. The molecular formula is C15H15Br2NO. The molecule has 0 fully saturated rings. The summed E-state index contributed by atoms with van der Waals surface area (Å²) < 4.78 is 1.82. The number of aryl methyl sites for hydroxylation is 2. The van der Waals surface area contributed by atoms with Crippen LogP contribution >= 0.6 is 31.9 Å². The monoisotopic (exact) mass is 383 g/mol. The fourth-order valence-corrected chi connectivity index (χ4v) is 3.15. The van der Waals surface area contributed by atoms with Crippen LogP contribution in [-0.2, 0) is 6.54 Å². The Balaban J connectivity index is 2.16. The van der Waals surface area contributed by atoms with Gasteiger partial charge in [-0.25, -0.2) is 0 Å². The Morgan fingerprint density at radius 1 is 1.05 bits per heavy atom. The number of benzene rings is 2. The van der Waals surface area contributed by atoms with Gasteiger partial charge < -0.3 is 10.4 Å². The number of phenols is 1. The maximum absolute atomic E-state index is 9.48. The lowest BCUT2D eigenvalue weighted by atomic mass is 10.1. The summed E-state index contributed by atoms with van der Waals surface area (Å²) >= 11 is 6.83.